The third-order valence-electron chi connectivity index (χ3n) is 3.08. The summed E-state index contributed by atoms with van der Waals surface area (Å²) in [4.78, 5) is 11.1. The molecule has 0 saturated carbocycles. The first-order valence-corrected chi connectivity index (χ1v) is 6.96. The highest BCUT2D eigenvalue weighted by Crippen LogP contribution is 2.20. The fraction of sp³-hybridized carbons (Fsp3) is 0.615. The molecule has 17 heavy (non-hydrogen) atoms. The molecule has 0 aromatic carbocycles. The lowest BCUT2D eigenvalue weighted by Crippen LogP contribution is -2.14. The molecule has 0 bridgehead atoms. The summed E-state index contributed by atoms with van der Waals surface area (Å²) in [6, 6.07) is 1.66. The summed E-state index contributed by atoms with van der Waals surface area (Å²) in [7, 11) is 0. The van der Waals surface area contributed by atoms with Crippen LogP contribution in [0.5, 0.6) is 0 Å². The molecule has 1 N–H and O–H groups in total. The van der Waals surface area contributed by atoms with Crippen LogP contribution in [0, 0.1) is 5.92 Å². The minimum absolute atomic E-state index is 0.367. The number of nitrogens with zero attached hydrogens (tertiary/aromatic N) is 1. The van der Waals surface area contributed by atoms with Crippen LogP contribution in [-0.2, 0) is 6.54 Å². The number of unbranched alkanes of at least 4 members (excludes halogenated alkanes) is 1. The zero-order valence-corrected chi connectivity index (χ0v) is 12.0. The smallest absolute Gasteiger partial charge is 0.352 e. The Hall–Kier alpha value is -0.770. The number of aromatic nitrogens is 1. The SMILES string of the molecule is CCCCC(CC)Cn1cc(Br)cc1C(=O)O. The molecule has 1 aromatic heterocycles. The molecule has 1 unspecified atom stereocenters. The Labute approximate surface area is 111 Å². The summed E-state index contributed by atoms with van der Waals surface area (Å²) in [6.07, 6.45) is 6.52. The number of rotatable bonds is 7. The van der Waals surface area contributed by atoms with Gasteiger partial charge in [0.1, 0.15) is 5.69 Å². The second kappa shape index (κ2) is 6.84. The highest BCUT2D eigenvalue weighted by atomic mass is 79.9. The second-order valence-corrected chi connectivity index (χ2v) is 5.33. The maximum Gasteiger partial charge on any atom is 0.352 e. The van der Waals surface area contributed by atoms with Gasteiger partial charge >= 0.3 is 5.97 Å². The van der Waals surface area contributed by atoms with Crippen molar-refractivity contribution in [2.75, 3.05) is 0 Å². The summed E-state index contributed by atoms with van der Waals surface area (Å²) >= 11 is 3.33. The van der Waals surface area contributed by atoms with E-state index in [0.717, 1.165) is 17.4 Å². The number of carbonyl (C=O) groups is 1. The Kier molecular flexibility index (Phi) is 5.75. The first-order valence-electron chi connectivity index (χ1n) is 6.17. The Morgan fingerprint density at radius 3 is 2.76 bits per heavy atom. The molecule has 3 nitrogen and oxygen atoms in total. The molecule has 0 spiro atoms. The van der Waals surface area contributed by atoms with Gasteiger partial charge in [-0.15, -0.1) is 0 Å². The molecule has 1 atom stereocenters. The Balaban J connectivity index is 2.74. The van der Waals surface area contributed by atoms with Crippen molar-refractivity contribution >= 4 is 21.9 Å². The van der Waals surface area contributed by atoms with Gasteiger partial charge in [-0.2, -0.15) is 0 Å². The van der Waals surface area contributed by atoms with Crippen molar-refractivity contribution < 1.29 is 9.90 Å². The number of carboxylic acids is 1. The van der Waals surface area contributed by atoms with Gasteiger partial charge in [-0.25, -0.2) is 4.79 Å². The molecule has 0 aliphatic heterocycles. The standard InChI is InChI=1S/C13H20BrNO2/c1-3-5-6-10(4-2)8-15-9-11(14)7-12(15)13(16)17/h7,9-10H,3-6,8H2,1-2H3,(H,16,17). The number of hydrogen-bond donors (Lipinski definition) is 1. The van der Waals surface area contributed by atoms with E-state index in [1.807, 2.05) is 10.8 Å². The highest BCUT2D eigenvalue weighted by Gasteiger charge is 2.14. The van der Waals surface area contributed by atoms with Crippen molar-refractivity contribution in [1.82, 2.24) is 4.57 Å². The van der Waals surface area contributed by atoms with Crippen molar-refractivity contribution in [2.45, 2.75) is 46.1 Å². The fourth-order valence-corrected chi connectivity index (χ4v) is 2.46. The minimum Gasteiger partial charge on any atom is -0.477 e. The first-order chi connectivity index (χ1) is 8.08. The van der Waals surface area contributed by atoms with Crippen molar-refractivity contribution in [2.24, 2.45) is 5.92 Å². The normalized spacial score (nSPS) is 12.6. The van der Waals surface area contributed by atoms with Crippen LogP contribution in [0.4, 0.5) is 0 Å². The molecule has 0 aliphatic rings. The molecule has 1 heterocycles. The number of hydrogen-bond acceptors (Lipinski definition) is 1. The van der Waals surface area contributed by atoms with Gasteiger partial charge in [0.2, 0.25) is 0 Å². The molecular weight excluding hydrogens is 282 g/mol. The van der Waals surface area contributed by atoms with E-state index in [-0.39, 0.29) is 0 Å². The number of carboxylic acid groups (broad SMARTS) is 1. The van der Waals surface area contributed by atoms with E-state index in [9.17, 15) is 4.79 Å². The van der Waals surface area contributed by atoms with Gasteiger partial charge in [0.05, 0.1) is 0 Å². The summed E-state index contributed by atoms with van der Waals surface area (Å²) in [5.74, 6) is -0.298. The van der Waals surface area contributed by atoms with E-state index in [0.29, 0.717) is 11.6 Å². The van der Waals surface area contributed by atoms with Gasteiger partial charge in [0.25, 0.3) is 0 Å². The molecule has 1 rings (SSSR count). The van der Waals surface area contributed by atoms with E-state index in [4.69, 9.17) is 5.11 Å². The van der Waals surface area contributed by atoms with Gasteiger partial charge < -0.3 is 9.67 Å². The van der Waals surface area contributed by atoms with Gasteiger partial charge in [-0.3, -0.25) is 0 Å². The fourth-order valence-electron chi connectivity index (χ4n) is 2.00. The van der Waals surface area contributed by atoms with E-state index >= 15 is 0 Å². The third kappa shape index (κ3) is 4.19. The summed E-state index contributed by atoms with van der Waals surface area (Å²) < 4.78 is 2.68. The highest BCUT2D eigenvalue weighted by molar-refractivity contribution is 9.10. The van der Waals surface area contributed by atoms with Crippen LogP contribution in [0.15, 0.2) is 16.7 Å². The summed E-state index contributed by atoms with van der Waals surface area (Å²) in [6.45, 7) is 5.14. The van der Waals surface area contributed by atoms with Gasteiger partial charge in [0.15, 0.2) is 0 Å². The van der Waals surface area contributed by atoms with Crippen LogP contribution < -0.4 is 0 Å². The Morgan fingerprint density at radius 1 is 1.53 bits per heavy atom. The second-order valence-electron chi connectivity index (χ2n) is 4.42. The predicted octanol–water partition coefficient (Wildman–Crippen LogP) is 4.17. The molecule has 1 aromatic rings. The van der Waals surface area contributed by atoms with Crippen LogP contribution in [0.3, 0.4) is 0 Å². The van der Waals surface area contributed by atoms with E-state index in [1.165, 1.54) is 19.3 Å². The molecule has 0 amide bonds. The van der Waals surface area contributed by atoms with Crippen LogP contribution >= 0.6 is 15.9 Å². The topological polar surface area (TPSA) is 42.2 Å². The maximum atomic E-state index is 11.1. The van der Waals surface area contributed by atoms with Crippen molar-refractivity contribution in [3.8, 4) is 0 Å². The Morgan fingerprint density at radius 2 is 2.24 bits per heavy atom. The molecule has 4 heteroatoms. The van der Waals surface area contributed by atoms with E-state index in [1.54, 1.807) is 6.07 Å². The monoisotopic (exact) mass is 301 g/mol. The van der Waals surface area contributed by atoms with Crippen LogP contribution in [-0.4, -0.2) is 15.6 Å². The van der Waals surface area contributed by atoms with Crippen LogP contribution in [0.1, 0.15) is 50.0 Å². The average Bonchev–Trinajstić information content (AvgIpc) is 2.65. The molecule has 0 aliphatic carbocycles. The quantitative estimate of drug-likeness (QED) is 0.821. The van der Waals surface area contributed by atoms with Crippen LogP contribution in [0.2, 0.25) is 0 Å². The summed E-state index contributed by atoms with van der Waals surface area (Å²) in [5.41, 5.74) is 0.367. The van der Waals surface area contributed by atoms with Crippen molar-refractivity contribution in [3.63, 3.8) is 0 Å². The molecule has 0 saturated heterocycles. The molecule has 0 radical (unpaired) electrons. The van der Waals surface area contributed by atoms with Gasteiger partial charge in [-0.05, 0) is 34.3 Å². The number of halogens is 1. The zero-order chi connectivity index (χ0) is 12.8. The van der Waals surface area contributed by atoms with E-state index < -0.39 is 5.97 Å². The lowest BCUT2D eigenvalue weighted by atomic mass is 9.99. The van der Waals surface area contributed by atoms with Crippen molar-refractivity contribution in [1.29, 1.82) is 0 Å². The Bertz CT molecular complexity index is 373. The van der Waals surface area contributed by atoms with Crippen molar-refractivity contribution in [3.05, 3.63) is 22.4 Å². The maximum absolute atomic E-state index is 11.1. The predicted molar refractivity (Wildman–Crippen MR) is 72.4 cm³/mol. The molecular formula is C13H20BrNO2. The summed E-state index contributed by atoms with van der Waals surface area (Å²) in [5, 5.41) is 9.10. The average molecular weight is 302 g/mol. The number of aromatic carboxylic acids is 1. The largest absolute Gasteiger partial charge is 0.477 e. The van der Waals surface area contributed by atoms with E-state index in [2.05, 4.69) is 29.8 Å². The first kappa shape index (κ1) is 14.3. The van der Waals surface area contributed by atoms with Gasteiger partial charge in [-0.1, -0.05) is 33.1 Å². The molecule has 0 fully saturated rings. The van der Waals surface area contributed by atoms with Gasteiger partial charge in [0, 0.05) is 17.2 Å². The zero-order valence-electron chi connectivity index (χ0n) is 10.4. The lowest BCUT2D eigenvalue weighted by Gasteiger charge is -2.16. The van der Waals surface area contributed by atoms with Crippen LogP contribution in [0.25, 0.3) is 0 Å². The lowest BCUT2D eigenvalue weighted by molar-refractivity contribution is 0.0683. The third-order valence-corrected chi connectivity index (χ3v) is 3.51. The minimum atomic E-state index is -0.860. The molecule has 96 valence electrons.